The number of carbonyl (C=O) groups excluding carboxylic acids is 1. The Morgan fingerprint density at radius 3 is 2.65 bits per heavy atom. The number of rotatable bonds is 7. The Hall–Kier alpha value is -3.69. The van der Waals surface area contributed by atoms with Gasteiger partial charge in [-0.3, -0.25) is 4.90 Å². The fraction of sp³-hybridized carbons (Fsp3) is 0.381. The zero-order chi connectivity index (χ0) is 22.0. The van der Waals surface area contributed by atoms with Crippen LogP contribution in [-0.4, -0.2) is 46.0 Å². The van der Waals surface area contributed by atoms with Gasteiger partial charge in [0.25, 0.3) is 0 Å². The van der Waals surface area contributed by atoms with Gasteiger partial charge >= 0.3 is 6.09 Å². The van der Waals surface area contributed by atoms with Crippen molar-refractivity contribution in [3.8, 4) is 17.1 Å². The van der Waals surface area contributed by atoms with Crippen LogP contribution in [0, 0.1) is 5.92 Å². The molecule has 1 aliphatic rings. The Morgan fingerprint density at radius 2 is 1.94 bits per heavy atom. The van der Waals surface area contributed by atoms with E-state index in [-0.39, 0.29) is 18.0 Å². The normalized spacial score (nSPS) is 17.0. The lowest BCUT2D eigenvalue weighted by atomic mass is 10.0. The second-order valence-corrected chi connectivity index (χ2v) is 7.55. The maximum absolute atomic E-state index is 12.2. The molecule has 1 N–H and O–H groups in total. The number of anilines is 2. The van der Waals surface area contributed by atoms with Gasteiger partial charge in [0.15, 0.2) is 0 Å². The van der Waals surface area contributed by atoms with E-state index >= 15 is 0 Å². The number of benzene rings is 1. The average molecular weight is 424 g/mol. The van der Waals surface area contributed by atoms with Gasteiger partial charge in [0.05, 0.1) is 13.2 Å². The second kappa shape index (κ2) is 8.58. The van der Waals surface area contributed by atoms with Gasteiger partial charge in [0.1, 0.15) is 24.2 Å². The molecule has 1 fully saturated rings. The molecule has 0 aliphatic carbocycles. The van der Waals surface area contributed by atoms with Crippen molar-refractivity contribution >= 4 is 17.9 Å². The van der Waals surface area contributed by atoms with Crippen molar-refractivity contribution in [2.75, 3.05) is 23.9 Å². The highest BCUT2D eigenvalue weighted by Crippen LogP contribution is 2.27. The van der Waals surface area contributed by atoms with Gasteiger partial charge < -0.3 is 19.3 Å². The van der Waals surface area contributed by atoms with Crippen LogP contribution >= 0.6 is 0 Å². The molecule has 31 heavy (non-hydrogen) atoms. The van der Waals surface area contributed by atoms with Crippen molar-refractivity contribution in [3.05, 3.63) is 42.4 Å². The highest BCUT2D eigenvalue weighted by Gasteiger charge is 2.37. The van der Waals surface area contributed by atoms with Crippen molar-refractivity contribution in [3.63, 3.8) is 0 Å². The molecule has 1 aromatic carbocycles. The van der Waals surface area contributed by atoms with Gasteiger partial charge in [-0.1, -0.05) is 19.0 Å². The Bertz CT molecular complexity index is 1050. The number of aromatic nitrogens is 4. The van der Waals surface area contributed by atoms with Crippen LogP contribution in [0.25, 0.3) is 11.4 Å². The maximum Gasteiger partial charge on any atom is 0.415 e. The molecule has 0 spiro atoms. The summed E-state index contributed by atoms with van der Waals surface area (Å²) in [5.74, 6) is 2.67. The van der Waals surface area contributed by atoms with Crippen molar-refractivity contribution in [1.29, 1.82) is 0 Å². The number of hydrogen-bond acceptors (Lipinski definition) is 9. The summed E-state index contributed by atoms with van der Waals surface area (Å²) in [5, 5.41) is 7.19. The standard InChI is InChI=1S/C21H24N6O4/c1-12(2)16-11-30-21(28)27(16)17-9-10-22-20(24-17)23-13(3)19-25-18(26-31-19)14-5-7-15(29-4)8-6-14/h5-10,12-13,16H,11H2,1-4H3,(H,22,23,24)/t13-,16+/m0/s1. The third kappa shape index (κ3) is 4.27. The summed E-state index contributed by atoms with van der Waals surface area (Å²) >= 11 is 0. The summed E-state index contributed by atoms with van der Waals surface area (Å²) in [4.78, 5) is 27.0. The van der Waals surface area contributed by atoms with Gasteiger partial charge in [-0.15, -0.1) is 0 Å². The first-order valence-electron chi connectivity index (χ1n) is 10.00. The third-order valence-corrected chi connectivity index (χ3v) is 5.07. The first-order valence-corrected chi connectivity index (χ1v) is 10.00. The van der Waals surface area contributed by atoms with Crippen molar-refractivity contribution < 1.29 is 18.8 Å². The van der Waals surface area contributed by atoms with Gasteiger partial charge in [-0.05, 0) is 43.2 Å². The summed E-state index contributed by atoms with van der Waals surface area (Å²) in [6.45, 7) is 6.29. The highest BCUT2D eigenvalue weighted by molar-refractivity contribution is 5.89. The highest BCUT2D eigenvalue weighted by atomic mass is 16.6. The molecular formula is C21H24N6O4. The molecule has 10 heteroatoms. The van der Waals surface area contributed by atoms with E-state index in [0.29, 0.717) is 30.1 Å². The fourth-order valence-corrected chi connectivity index (χ4v) is 3.27. The van der Waals surface area contributed by atoms with E-state index in [2.05, 4.69) is 25.4 Å². The van der Waals surface area contributed by atoms with E-state index < -0.39 is 6.09 Å². The molecule has 1 saturated heterocycles. The van der Waals surface area contributed by atoms with E-state index in [4.69, 9.17) is 14.0 Å². The lowest BCUT2D eigenvalue weighted by Gasteiger charge is -2.23. The molecule has 0 unspecified atom stereocenters. The Kier molecular flexibility index (Phi) is 5.70. The molecule has 162 valence electrons. The molecule has 3 aromatic rings. The number of ether oxygens (including phenoxy) is 2. The molecular weight excluding hydrogens is 400 g/mol. The minimum absolute atomic E-state index is 0.0735. The maximum atomic E-state index is 12.2. The van der Waals surface area contributed by atoms with Gasteiger partial charge in [-0.25, -0.2) is 9.78 Å². The van der Waals surface area contributed by atoms with Crippen LogP contribution in [0.15, 0.2) is 41.1 Å². The van der Waals surface area contributed by atoms with Crippen LogP contribution in [-0.2, 0) is 4.74 Å². The second-order valence-electron chi connectivity index (χ2n) is 7.55. The van der Waals surface area contributed by atoms with Crippen LogP contribution in [0.3, 0.4) is 0 Å². The molecule has 2 atom stereocenters. The lowest BCUT2D eigenvalue weighted by molar-refractivity contribution is 0.177. The predicted octanol–water partition coefficient (Wildman–Crippen LogP) is 3.69. The van der Waals surface area contributed by atoms with Crippen LogP contribution in [0.4, 0.5) is 16.6 Å². The van der Waals surface area contributed by atoms with Crippen LogP contribution < -0.4 is 15.0 Å². The summed E-state index contributed by atoms with van der Waals surface area (Å²) < 4.78 is 15.8. The third-order valence-electron chi connectivity index (χ3n) is 5.07. The topological polar surface area (TPSA) is 116 Å². The van der Waals surface area contributed by atoms with Crippen molar-refractivity contribution in [2.24, 2.45) is 5.92 Å². The Balaban J connectivity index is 1.49. The molecule has 0 radical (unpaired) electrons. The first-order chi connectivity index (χ1) is 15.0. The zero-order valence-electron chi connectivity index (χ0n) is 17.8. The average Bonchev–Trinajstić information content (AvgIpc) is 3.41. The Morgan fingerprint density at radius 1 is 1.16 bits per heavy atom. The van der Waals surface area contributed by atoms with Gasteiger partial charge in [-0.2, -0.15) is 9.97 Å². The number of hydrogen-bond donors (Lipinski definition) is 1. The van der Waals surface area contributed by atoms with E-state index in [1.165, 1.54) is 0 Å². The predicted molar refractivity (Wildman–Crippen MR) is 113 cm³/mol. The van der Waals surface area contributed by atoms with Crippen molar-refractivity contribution in [1.82, 2.24) is 20.1 Å². The van der Waals surface area contributed by atoms with E-state index in [1.807, 2.05) is 45.0 Å². The van der Waals surface area contributed by atoms with Crippen LogP contribution in [0.1, 0.15) is 32.7 Å². The number of nitrogens with zero attached hydrogens (tertiary/aromatic N) is 5. The van der Waals surface area contributed by atoms with Crippen LogP contribution in [0.5, 0.6) is 5.75 Å². The van der Waals surface area contributed by atoms with E-state index in [9.17, 15) is 4.79 Å². The molecule has 4 rings (SSSR count). The monoisotopic (exact) mass is 424 g/mol. The summed E-state index contributed by atoms with van der Waals surface area (Å²) in [6.07, 6.45) is 1.19. The first kappa shape index (κ1) is 20.6. The number of cyclic esters (lactones) is 1. The largest absolute Gasteiger partial charge is 0.497 e. The number of carbonyl (C=O) groups is 1. The number of methoxy groups -OCH3 is 1. The molecule has 3 heterocycles. The molecule has 10 nitrogen and oxygen atoms in total. The molecule has 2 aromatic heterocycles. The lowest BCUT2D eigenvalue weighted by Crippen LogP contribution is -2.37. The summed E-state index contributed by atoms with van der Waals surface area (Å²) in [7, 11) is 1.61. The minimum Gasteiger partial charge on any atom is -0.497 e. The fourth-order valence-electron chi connectivity index (χ4n) is 3.27. The SMILES string of the molecule is COc1ccc(-c2noc([C@H](C)Nc3nccc(N4C(=O)OC[C@@H]4C(C)C)n3)n2)cc1. The molecule has 0 saturated carbocycles. The summed E-state index contributed by atoms with van der Waals surface area (Å²) in [6, 6.07) is 8.65. The molecule has 0 bridgehead atoms. The van der Waals surface area contributed by atoms with E-state index in [0.717, 1.165) is 11.3 Å². The smallest absolute Gasteiger partial charge is 0.415 e. The van der Waals surface area contributed by atoms with Crippen LogP contribution in [0.2, 0.25) is 0 Å². The Labute approximate surface area is 179 Å². The van der Waals surface area contributed by atoms with E-state index in [1.54, 1.807) is 24.3 Å². The zero-order valence-corrected chi connectivity index (χ0v) is 17.8. The van der Waals surface area contributed by atoms with Gasteiger partial charge in [0, 0.05) is 11.8 Å². The molecule has 1 aliphatic heterocycles. The number of amides is 1. The molecule has 1 amide bonds. The van der Waals surface area contributed by atoms with Gasteiger partial charge in [0.2, 0.25) is 17.7 Å². The minimum atomic E-state index is -0.405. The van der Waals surface area contributed by atoms with Crippen molar-refractivity contribution in [2.45, 2.75) is 32.9 Å². The summed E-state index contributed by atoms with van der Waals surface area (Å²) in [5.41, 5.74) is 0.813. The number of nitrogens with one attached hydrogen (secondary N) is 1. The quantitative estimate of drug-likeness (QED) is 0.606.